The Kier molecular flexibility index (Phi) is 10.0. The third-order valence-electron chi connectivity index (χ3n) is 12.5. The number of esters is 5. The van der Waals surface area contributed by atoms with E-state index in [1.807, 2.05) is 13.8 Å². The fourth-order valence-electron chi connectivity index (χ4n) is 10.2. The topological polar surface area (TPSA) is 182 Å². The largest absolute Gasteiger partial charge is 0.462 e. The highest BCUT2D eigenvalue weighted by Crippen LogP contribution is 2.76. The minimum Gasteiger partial charge on any atom is -0.462 e. The minimum atomic E-state index is -2.42. The number of pyridine rings is 1. The van der Waals surface area contributed by atoms with E-state index < -0.39 is 112 Å². The third kappa shape index (κ3) is 6.27. The SMILES string of the molecule is CC(=O)O[C@@H]1C[C@H]2[C@@H]([C@@H]3[C@]1(COC(=O)c1cccnc1)[C@H](OC(=O)c1ccccc1)[C@H]1[C@@H](OC(=O)C(C)C)[C@@H](C)C[C@]1(O)C(=O)[C@@]3(C)OC(C)=O)C2(C)C. The van der Waals surface area contributed by atoms with Crippen molar-refractivity contribution in [2.75, 3.05) is 6.61 Å². The highest BCUT2D eigenvalue weighted by Gasteiger charge is 2.84. The Hall–Kier alpha value is -4.65. The van der Waals surface area contributed by atoms with Gasteiger partial charge in [0, 0.05) is 32.2 Å². The lowest BCUT2D eigenvalue weighted by molar-refractivity contribution is -0.228. The van der Waals surface area contributed by atoms with Gasteiger partial charge in [-0.2, -0.15) is 0 Å². The summed E-state index contributed by atoms with van der Waals surface area (Å²) in [4.78, 5) is 87.3. The average Bonchev–Trinajstić information content (AvgIpc) is 3.56. The normalized spacial score (nSPS) is 36.0. The minimum absolute atomic E-state index is 0.0925. The van der Waals surface area contributed by atoms with E-state index in [-0.39, 0.29) is 29.9 Å². The maximum absolute atomic E-state index is 15.4. The highest BCUT2D eigenvalue weighted by molar-refractivity contribution is 5.98. The molecule has 6 rings (SSSR count). The van der Waals surface area contributed by atoms with E-state index in [0.29, 0.717) is 0 Å². The Bertz CT molecular complexity index is 1830. The standard InChI is InChI=1S/C41H49NO12/c1-21(2)34(45)52-31-22(3)18-41(49)30(31)33(53-36(47)25-13-10-9-11-14-25)40(20-50-35(46)26-15-12-16-42-19-26)28(51-23(4)43)17-27-29(38(27,6)7)32(40)39(8,37(41)48)54-24(5)44/h9-16,19,21-22,27-33,49H,17-18,20H2,1-8H3/t22-,27-,28+,29-,30+,31-,32-,33+,39-,40+,41+/m0/s1. The van der Waals surface area contributed by atoms with Crippen molar-refractivity contribution in [2.24, 2.45) is 46.3 Å². The molecule has 0 radical (unpaired) electrons. The summed E-state index contributed by atoms with van der Waals surface area (Å²) in [5.41, 5.74) is -6.77. The molecular formula is C41H49NO12. The van der Waals surface area contributed by atoms with Gasteiger partial charge in [-0.15, -0.1) is 0 Å². The van der Waals surface area contributed by atoms with Gasteiger partial charge in [-0.05, 0) is 67.2 Å². The Morgan fingerprint density at radius 3 is 2.15 bits per heavy atom. The summed E-state index contributed by atoms with van der Waals surface area (Å²) >= 11 is 0. The fourth-order valence-corrected chi connectivity index (χ4v) is 10.2. The summed E-state index contributed by atoms with van der Waals surface area (Å²) in [7, 11) is 0. The average molecular weight is 748 g/mol. The molecule has 0 spiro atoms. The van der Waals surface area contributed by atoms with Crippen LogP contribution in [0.25, 0.3) is 0 Å². The molecule has 0 bridgehead atoms. The predicted molar refractivity (Wildman–Crippen MR) is 189 cm³/mol. The highest BCUT2D eigenvalue weighted by atomic mass is 16.6. The number of aliphatic hydroxyl groups is 1. The first-order valence-electron chi connectivity index (χ1n) is 18.5. The van der Waals surface area contributed by atoms with Gasteiger partial charge in [0.05, 0.1) is 28.4 Å². The third-order valence-corrected chi connectivity index (χ3v) is 12.5. The van der Waals surface area contributed by atoms with E-state index in [2.05, 4.69) is 4.98 Å². The van der Waals surface area contributed by atoms with Gasteiger partial charge in [0.15, 0.2) is 5.60 Å². The molecule has 1 N–H and O–H groups in total. The molecule has 11 atom stereocenters. The van der Waals surface area contributed by atoms with Gasteiger partial charge >= 0.3 is 29.8 Å². The van der Waals surface area contributed by atoms with Crippen molar-refractivity contribution < 1.29 is 57.6 Å². The van der Waals surface area contributed by atoms with Gasteiger partial charge in [-0.1, -0.05) is 52.8 Å². The zero-order valence-corrected chi connectivity index (χ0v) is 31.9. The van der Waals surface area contributed by atoms with Crippen LogP contribution in [0.1, 0.15) is 88.9 Å². The number of Topliss-reactive ketones (excluding diaryl/α,β-unsaturated/α-hetero) is 1. The first-order chi connectivity index (χ1) is 25.3. The smallest absolute Gasteiger partial charge is 0.339 e. The Labute approximate surface area is 314 Å². The van der Waals surface area contributed by atoms with Crippen LogP contribution in [0.5, 0.6) is 0 Å². The molecule has 0 saturated heterocycles. The molecule has 1 aromatic heterocycles. The fraction of sp³-hybridized carbons (Fsp3) is 0.585. The number of hydrogen-bond donors (Lipinski definition) is 1. The molecular weight excluding hydrogens is 698 g/mol. The Morgan fingerprint density at radius 2 is 1.56 bits per heavy atom. The molecule has 54 heavy (non-hydrogen) atoms. The molecule has 4 aliphatic carbocycles. The Morgan fingerprint density at radius 1 is 0.889 bits per heavy atom. The summed E-state index contributed by atoms with van der Waals surface area (Å²) in [6.07, 6.45) is -1.33. The lowest BCUT2D eigenvalue weighted by Gasteiger charge is -2.55. The van der Waals surface area contributed by atoms with Gasteiger partial charge in [0.25, 0.3) is 0 Å². The number of aromatic nitrogens is 1. The first kappa shape index (κ1) is 39.1. The number of ketones is 1. The van der Waals surface area contributed by atoms with Gasteiger partial charge in [0.2, 0.25) is 5.78 Å². The lowest BCUT2D eigenvalue weighted by atomic mass is 9.55. The van der Waals surface area contributed by atoms with Crippen molar-refractivity contribution in [1.82, 2.24) is 4.98 Å². The second-order valence-corrected chi connectivity index (χ2v) is 16.6. The van der Waals surface area contributed by atoms with Crippen LogP contribution in [0.4, 0.5) is 0 Å². The molecule has 13 heteroatoms. The number of benzene rings is 1. The molecule has 0 aliphatic heterocycles. The second kappa shape index (κ2) is 13.9. The van der Waals surface area contributed by atoms with E-state index in [0.717, 1.165) is 6.92 Å². The predicted octanol–water partition coefficient (Wildman–Crippen LogP) is 4.53. The van der Waals surface area contributed by atoms with Crippen molar-refractivity contribution in [3.05, 3.63) is 66.0 Å². The number of carbonyl (C=O) groups is 6. The van der Waals surface area contributed by atoms with E-state index >= 15 is 4.79 Å². The number of fused-ring (bicyclic) bond motifs is 4. The second-order valence-electron chi connectivity index (χ2n) is 16.6. The van der Waals surface area contributed by atoms with Gasteiger partial charge in [-0.3, -0.25) is 24.2 Å². The number of nitrogens with zero attached hydrogens (tertiary/aromatic N) is 1. The summed E-state index contributed by atoms with van der Waals surface area (Å²) in [6.45, 7) is 12.1. The van der Waals surface area contributed by atoms with Crippen molar-refractivity contribution >= 4 is 35.6 Å². The quantitative estimate of drug-likeness (QED) is 0.279. The van der Waals surface area contributed by atoms with Gasteiger partial charge in [-0.25, -0.2) is 9.59 Å². The van der Waals surface area contributed by atoms with E-state index in [4.69, 9.17) is 23.7 Å². The van der Waals surface area contributed by atoms with E-state index in [9.17, 15) is 29.1 Å². The summed E-state index contributed by atoms with van der Waals surface area (Å²) in [5.74, 6) is -9.29. The molecule has 1 aromatic carbocycles. The monoisotopic (exact) mass is 747 g/mol. The molecule has 13 nitrogen and oxygen atoms in total. The molecule has 4 fully saturated rings. The van der Waals surface area contributed by atoms with Crippen LogP contribution in [0.2, 0.25) is 0 Å². The number of carbonyl (C=O) groups excluding carboxylic acids is 6. The van der Waals surface area contributed by atoms with Crippen molar-refractivity contribution in [1.29, 1.82) is 0 Å². The summed E-state index contributed by atoms with van der Waals surface area (Å²) < 4.78 is 31.2. The molecule has 1 heterocycles. The van der Waals surface area contributed by atoms with Crippen LogP contribution in [-0.4, -0.2) is 81.8 Å². The summed E-state index contributed by atoms with van der Waals surface area (Å²) in [5, 5.41) is 13.0. The molecule has 2 aromatic rings. The summed E-state index contributed by atoms with van der Waals surface area (Å²) in [6, 6.07) is 11.1. The van der Waals surface area contributed by atoms with Crippen LogP contribution in [0.15, 0.2) is 54.9 Å². The van der Waals surface area contributed by atoms with E-state index in [1.165, 1.54) is 44.4 Å². The van der Waals surface area contributed by atoms with E-state index in [1.54, 1.807) is 45.0 Å². The van der Waals surface area contributed by atoms with Crippen LogP contribution < -0.4 is 0 Å². The van der Waals surface area contributed by atoms with Gasteiger partial charge in [0.1, 0.15) is 30.5 Å². The van der Waals surface area contributed by atoms with Crippen molar-refractivity contribution in [3.63, 3.8) is 0 Å². The molecule has 0 unspecified atom stereocenters. The van der Waals surface area contributed by atoms with Crippen molar-refractivity contribution in [3.8, 4) is 0 Å². The lowest BCUT2D eigenvalue weighted by Crippen LogP contribution is -2.66. The maximum Gasteiger partial charge on any atom is 0.339 e. The number of rotatable bonds is 9. The molecule has 4 aliphatic rings. The van der Waals surface area contributed by atoms with Crippen LogP contribution in [0.3, 0.4) is 0 Å². The van der Waals surface area contributed by atoms with Crippen LogP contribution in [-0.2, 0) is 42.9 Å². The number of hydrogen-bond acceptors (Lipinski definition) is 13. The van der Waals surface area contributed by atoms with Gasteiger partial charge < -0.3 is 28.8 Å². The number of ether oxygens (including phenoxy) is 5. The van der Waals surface area contributed by atoms with Crippen LogP contribution in [0, 0.1) is 46.3 Å². The maximum atomic E-state index is 15.4. The molecule has 0 amide bonds. The van der Waals surface area contributed by atoms with Crippen molar-refractivity contribution in [2.45, 2.75) is 97.7 Å². The van der Waals surface area contributed by atoms with Crippen LogP contribution >= 0.6 is 0 Å². The zero-order valence-electron chi connectivity index (χ0n) is 31.9. The zero-order chi connectivity index (χ0) is 39.5. The Balaban J connectivity index is 1.69. The molecule has 290 valence electrons. The molecule has 4 saturated carbocycles. The first-order valence-corrected chi connectivity index (χ1v) is 18.5.